The lowest BCUT2D eigenvalue weighted by atomic mass is 10.0. The zero-order chi connectivity index (χ0) is 22.8. The highest BCUT2D eigenvalue weighted by molar-refractivity contribution is 6.31. The highest BCUT2D eigenvalue weighted by atomic mass is 35.5. The molecule has 1 aromatic heterocycles. The molecule has 1 aliphatic heterocycles. The van der Waals surface area contributed by atoms with E-state index in [4.69, 9.17) is 16.3 Å². The minimum atomic E-state index is -0.649. The fraction of sp³-hybridized carbons (Fsp3) is 0.292. The van der Waals surface area contributed by atoms with Gasteiger partial charge in [0.05, 0.1) is 23.9 Å². The van der Waals surface area contributed by atoms with Gasteiger partial charge in [0.25, 0.3) is 5.91 Å². The molecule has 2 aromatic carbocycles. The number of piperazine rings is 1. The molecule has 0 saturated carbocycles. The third-order valence-corrected chi connectivity index (χ3v) is 6.01. The molecule has 1 fully saturated rings. The molecule has 2 heterocycles. The summed E-state index contributed by atoms with van der Waals surface area (Å²) in [6.45, 7) is 3.67. The van der Waals surface area contributed by atoms with Crippen LogP contribution in [-0.4, -0.2) is 59.9 Å². The van der Waals surface area contributed by atoms with Crippen LogP contribution >= 0.6 is 11.6 Å². The molecule has 6 nitrogen and oxygen atoms in total. The number of fused-ring (bicyclic) bond motifs is 1. The maximum absolute atomic E-state index is 13.3. The molecule has 1 amide bonds. The van der Waals surface area contributed by atoms with Gasteiger partial charge in [0.15, 0.2) is 0 Å². The molecule has 0 N–H and O–H groups in total. The molecule has 8 heteroatoms. The Labute approximate surface area is 190 Å². The van der Waals surface area contributed by atoms with Gasteiger partial charge in [0.1, 0.15) is 11.9 Å². The zero-order valence-electron chi connectivity index (χ0n) is 17.8. The van der Waals surface area contributed by atoms with Crippen molar-refractivity contribution < 1.29 is 18.7 Å². The van der Waals surface area contributed by atoms with Crippen molar-refractivity contribution in [1.82, 2.24) is 14.8 Å². The fourth-order valence-corrected chi connectivity index (χ4v) is 4.25. The van der Waals surface area contributed by atoms with E-state index in [0.717, 1.165) is 10.9 Å². The van der Waals surface area contributed by atoms with Crippen molar-refractivity contribution in [1.29, 1.82) is 0 Å². The van der Waals surface area contributed by atoms with E-state index >= 15 is 0 Å². The third kappa shape index (κ3) is 4.45. The van der Waals surface area contributed by atoms with Gasteiger partial charge in [-0.1, -0.05) is 23.7 Å². The highest BCUT2D eigenvalue weighted by Crippen LogP contribution is 2.26. The first-order valence-electron chi connectivity index (χ1n) is 10.3. The number of carbonyl (C=O) groups is 2. The number of benzene rings is 2. The van der Waals surface area contributed by atoms with Gasteiger partial charge in [-0.15, -0.1) is 0 Å². The van der Waals surface area contributed by atoms with Crippen molar-refractivity contribution in [3.05, 3.63) is 76.2 Å². The Morgan fingerprint density at radius 3 is 2.41 bits per heavy atom. The first-order valence-corrected chi connectivity index (χ1v) is 10.7. The van der Waals surface area contributed by atoms with Crippen LogP contribution < -0.4 is 0 Å². The van der Waals surface area contributed by atoms with Crippen LogP contribution in [0, 0.1) is 12.7 Å². The summed E-state index contributed by atoms with van der Waals surface area (Å²) in [4.78, 5) is 34.0. The monoisotopic (exact) mass is 455 g/mol. The standard InChI is InChI=1S/C24H23ClFN3O3/c1-15-20(14-17-13-18(25)5-8-21(17)27-15)23(30)29-11-9-28(10-12-29)22(24(31)32-2)16-3-6-19(26)7-4-16/h3-8,13-14,22H,9-12H2,1-2H3/t22-/m0/s1. The number of hydrogen-bond donors (Lipinski definition) is 0. The number of amides is 1. The van der Waals surface area contributed by atoms with E-state index in [1.54, 1.807) is 29.2 Å². The number of halogens is 2. The quantitative estimate of drug-likeness (QED) is 0.556. The van der Waals surface area contributed by atoms with E-state index in [2.05, 4.69) is 4.98 Å². The summed E-state index contributed by atoms with van der Waals surface area (Å²) >= 11 is 6.09. The maximum atomic E-state index is 13.3. The van der Waals surface area contributed by atoms with Crippen LogP contribution in [0.3, 0.4) is 0 Å². The molecule has 0 unspecified atom stereocenters. The van der Waals surface area contributed by atoms with E-state index in [1.807, 2.05) is 24.0 Å². The second kappa shape index (κ2) is 9.22. The Morgan fingerprint density at radius 2 is 1.75 bits per heavy atom. The average Bonchev–Trinajstić information content (AvgIpc) is 2.80. The van der Waals surface area contributed by atoms with E-state index in [9.17, 15) is 14.0 Å². The van der Waals surface area contributed by atoms with Crippen LogP contribution in [0.15, 0.2) is 48.5 Å². The first-order chi connectivity index (χ1) is 15.4. The smallest absolute Gasteiger partial charge is 0.327 e. The van der Waals surface area contributed by atoms with Crippen LogP contribution in [0.25, 0.3) is 10.9 Å². The molecular weight excluding hydrogens is 433 g/mol. The van der Waals surface area contributed by atoms with E-state index < -0.39 is 12.0 Å². The number of methoxy groups -OCH3 is 1. The van der Waals surface area contributed by atoms with Crippen molar-refractivity contribution in [2.45, 2.75) is 13.0 Å². The third-order valence-electron chi connectivity index (χ3n) is 5.77. The van der Waals surface area contributed by atoms with E-state index in [1.165, 1.54) is 19.2 Å². The van der Waals surface area contributed by atoms with Gasteiger partial charge in [-0.2, -0.15) is 0 Å². The predicted octanol–water partition coefficient (Wildman–Crippen LogP) is 4.01. The van der Waals surface area contributed by atoms with Crippen molar-refractivity contribution in [3.63, 3.8) is 0 Å². The molecule has 0 spiro atoms. The van der Waals surface area contributed by atoms with Crippen LogP contribution in [0.2, 0.25) is 5.02 Å². The Hall–Kier alpha value is -3.03. The molecule has 4 rings (SSSR count). The van der Waals surface area contributed by atoms with E-state index in [-0.39, 0.29) is 11.7 Å². The van der Waals surface area contributed by atoms with E-state index in [0.29, 0.717) is 48.0 Å². The Kier molecular flexibility index (Phi) is 6.39. The minimum Gasteiger partial charge on any atom is -0.468 e. The van der Waals surface area contributed by atoms with Gasteiger partial charge in [-0.05, 0) is 48.9 Å². The van der Waals surface area contributed by atoms with Crippen molar-refractivity contribution in [2.75, 3.05) is 33.3 Å². The maximum Gasteiger partial charge on any atom is 0.327 e. The van der Waals surface area contributed by atoms with Gasteiger partial charge in [-0.25, -0.2) is 9.18 Å². The molecule has 1 atom stereocenters. The summed E-state index contributed by atoms with van der Waals surface area (Å²) in [7, 11) is 1.33. The second-order valence-corrected chi connectivity index (χ2v) is 8.20. The number of nitrogens with zero attached hydrogens (tertiary/aromatic N) is 3. The second-order valence-electron chi connectivity index (χ2n) is 7.76. The van der Waals surface area contributed by atoms with Crippen molar-refractivity contribution in [3.8, 4) is 0 Å². The zero-order valence-corrected chi connectivity index (χ0v) is 18.6. The number of esters is 1. The molecule has 0 bridgehead atoms. The SMILES string of the molecule is COC(=O)[C@H](c1ccc(F)cc1)N1CCN(C(=O)c2cc3cc(Cl)ccc3nc2C)CC1. The Balaban J connectivity index is 1.51. The molecule has 166 valence electrons. The fourth-order valence-electron chi connectivity index (χ4n) is 4.07. The van der Waals surface area contributed by atoms with Gasteiger partial charge in [0.2, 0.25) is 0 Å². The number of carbonyl (C=O) groups excluding carboxylic acids is 2. The lowest BCUT2D eigenvalue weighted by Gasteiger charge is -2.38. The molecule has 32 heavy (non-hydrogen) atoms. The predicted molar refractivity (Wildman–Crippen MR) is 120 cm³/mol. The summed E-state index contributed by atoms with van der Waals surface area (Å²) in [6.07, 6.45) is 0. The lowest BCUT2D eigenvalue weighted by Crippen LogP contribution is -2.51. The average molecular weight is 456 g/mol. The Bertz CT molecular complexity index is 1160. The normalized spacial score (nSPS) is 15.6. The van der Waals surface area contributed by atoms with Gasteiger partial charge < -0.3 is 9.64 Å². The number of aryl methyl sites for hydroxylation is 1. The number of ether oxygens (including phenoxy) is 1. The molecule has 0 radical (unpaired) electrons. The Morgan fingerprint density at radius 1 is 1.06 bits per heavy atom. The van der Waals surface area contributed by atoms with Gasteiger partial charge in [-0.3, -0.25) is 14.7 Å². The summed E-state index contributed by atoms with van der Waals surface area (Å²) < 4.78 is 18.3. The molecule has 0 aliphatic carbocycles. The number of aromatic nitrogens is 1. The summed E-state index contributed by atoms with van der Waals surface area (Å²) in [5.41, 5.74) is 2.64. The number of hydrogen-bond acceptors (Lipinski definition) is 5. The molecular formula is C24H23ClFN3O3. The minimum absolute atomic E-state index is 0.104. The van der Waals surface area contributed by atoms with Gasteiger partial charge >= 0.3 is 5.97 Å². The summed E-state index contributed by atoms with van der Waals surface area (Å²) in [5.74, 6) is -0.885. The molecule has 1 saturated heterocycles. The molecule has 1 aliphatic rings. The van der Waals surface area contributed by atoms with Crippen LogP contribution in [0.5, 0.6) is 0 Å². The van der Waals surface area contributed by atoms with Crippen LogP contribution in [-0.2, 0) is 9.53 Å². The summed E-state index contributed by atoms with van der Waals surface area (Å²) in [5, 5.41) is 1.40. The topological polar surface area (TPSA) is 62.7 Å². The summed E-state index contributed by atoms with van der Waals surface area (Å²) in [6, 6.07) is 12.4. The highest BCUT2D eigenvalue weighted by Gasteiger charge is 2.33. The van der Waals surface area contributed by atoms with Crippen LogP contribution in [0.1, 0.15) is 27.7 Å². The first kappa shape index (κ1) is 22.2. The van der Waals surface area contributed by atoms with Gasteiger partial charge in [0, 0.05) is 36.6 Å². The van der Waals surface area contributed by atoms with Crippen molar-refractivity contribution >= 4 is 34.4 Å². The van der Waals surface area contributed by atoms with Crippen molar-refractivity contribution in [2.24, 2.45) is 0 Å². The number of rotatable bonds is 4. The van der Waals surface area contributed by atoms with Crippen LogP contribution in [0.4, 0.5) is 4.39 Å². The molecule has 3 aromatic rings. The number of pyridine rings is 1. The largest absolute Gasteiger partial charge is 0.468 e. The lowest BCUT2D eigenvalue weighted by molar-refractivity contribution is -0.148.